The molecule has 15 heteroatoms. The number of furan rings is 1. The van der Waals surface area contributed by atoms with Gasteiger partial charge in [0.05, 0.1) is 28.8 Å². The van der Waals surface area contributed by atoms with Gasteiger partial charge in [-0.25, -0.2) is 4.79 Å². The molecule has 5 aromatic rings. The number of ether oxygens (including phenoxy) is 5. The number of pyridine rings is 1. The van der Waals surface area contributed by atoms with Gasteiger partial charge in [-0.2, -0.15) is 8.78 Å². The molecular formula is C43H43Cl2F2N3O8. The number of carbonyl (C=O) groups is 1. The number of piperidine rings is 3. The summed E-state index contributed by atoms with van der Waals surface area (Å²) in [5.41, 5.74) is 2.63. The minimum Gasteiger partial charge on any atom is -0.490 e. The quantitative estimate of drug-likeness (QED) is 0.0650. The lowest BCUT2D eigenvalue weighted by Gasteiger charge is -2.45. The van der Waals surface area contributed by atoms with Crippen molar-refractivity contribution in [3.05, 3.63) is 141 Å². The number of fused-ring (bicyclic) bond motifs is 3. The fourth-order valence-corrected chi connectivity index (χ4v) is 7.89. The maximum absolute atomic E-state index is 13.6. The third-order valence-electron chi connectivity index (χ3n) is 10.2. The van der Waals surface area contributed by atoms with Crippen molar-refractivity contribution in [2.45, 2.75) is 64.1 Å². The predicted octanol–water partition coefficient (Wildman–Crippen LogP) is 8.77. The van der Waals surface area contributed by atoms with Crippen molar-refractivity contribution >= 4 is 29.2 Å². The highest BCUT2D eigenvalue weighted by Crippen LogP contribution is 2.37. The molecule has 1 unspecified atom stereocenters. The van der Waals surface area contributed by atoms with Crippen molar-refractivity contribution in [3.63, 3.8) is 0 Å². The summed E-state index contributed by atoms with van der Waals surface area (Å²) in [7, 11) is 0. The smallest absolute Gasteiger partial charge is 0.387 e. The Morgan fingerprint density at radius 3 is 2.40 bits per heavy atom. The van der Waals surface area contributed by atoms with Crippen LogP contribution in [0.15, 0.2) is 102 Å². The number of esters is 1. The van der Waals surface area contributed by atoms with Gasteiger partial charge >= 0.3 is 12.6 Å². The monoisotopic (exact) mass is 837 g/mol. The molecule has 0 radical (unpaired) electrons. The first-order chi connectivity index (χ1) is 28.1. The molecule has 58 heavy (non-hydrogen) atoms. The third kappa shape index (κ3) is 10.5. The number of aromatic nitrogens is 1. The van der Waals surface area contributed by atoms with E-state index in [1.807, 2.05) is 48.5 Å². The Hall–Kier alpha value is -4.76. The highest BCUT2D eigenvalue weighted by molar-refractivity contribution is 6.35. The van der Waals surface area contributed by atoms with Crippen LogP contribution in [0.3, 0.4) is 0 Å². The topological polar surface area (TPSA) is 125 Å². The van der Waals surface area contributed by atoms with Crippen LogP contribution in [0.1, 0.15) is 70.5 Å². The molecule has 3 saturated heterocycles. The number of hydrogen-bond donors (Lipinski definition) is 2. The molecule has 0 saturated carbocycles. The van der Waals surface area contributed by atoms with Crippen molar-refractivity contribution in [3.8, 4) is 17.2 Å². The second-order valence-corrected chi connectivity index (χ2v) is 14.8. The van der Waals surface area contributed by atoms with Crippen molar-refractivity contribution in [1.82, 2.24) is 15.2 Å². The van der Waals surface area contributed by atoms with E-state index in [2.05, 4.69) is 19.9 Å². The van der Waals surface area contributed by atoms with E-state index < -0.39 is 31.1 Å². The van der Waals surface area contributed by atoms with Gasteiger partial charge in [-0.1, -0.05) is 71.7 Å². The van der Waals surface area contributed by atoms with Crippen molar-refractivity contribution < 1.29 is 46.8 Å². The molecule has 3 aromatic carbocycles. The third-order valence-corrected chi connectivity index (χ3v) is 10.9. The predicted molar refractivity (Wildman–Crippen MR) is 211 cm³/mol. The maximum atomic E-state index is 13.6. The van der Waals surface area contributed by atoms with Gasteiger partial charge in [0.2, 0.25) is 12.2 Å². The zero-order valence-electron chi connectivity index (χ0n) is 31.6. The molecule has 11 nitrogen and oxygen atoms in total. The summed E-state index contributed by atoms with van der Waals surface area (Å²) in [6.07, 6.45) is 2.75. The average Bonchev–Trinajstić information content (AvgIpc) is 3.71. The Bertz CT molecular complexity index is 2120. The van der Waals surface area contributed by atoms with Crippen LogP contribution < -0.4 is 19.5 Å². The van der Waals surface area contributed by atoms with Crippen LogP contribution in [0.5, 0.6) is 17.2 Å². The van der Waals surface area contributed by atoms with Gasteiger partial charge < -0.3 is 38.1 Å². The Kier molecular flexibility index (Phi) is 13.8. The Balaban J connectivity index is 1.04. The number of nitrogens with one attached hydrogen (secondary N) is 1. The lowest BCUT2D eigenvalue weighted by molar-refractivity contribution is -0.194. The molecular weight excluding hydrogens is 795 g/mol. The molecule has 4 atom stereocenters. The van der Waals surface area contributed by atoms with Crippen LogP contribution in [0.2, 0.25) is 10.0 Å². The van der Waals surface area contributed by atoms with E-state index in [1.165, 1.54) is 36.7 Å². The molecule has 8 rings (SSSR count). The minimum absolute atomic E-state index is 0.0134. The lowest BCUT2D eigenvalue weighted by atomic mass is 9.86. The van der Waals surface area contributed by atoms with Crippen molar-refractivity contribution in [1.29, 1.82) is 0 Å². The zero-order chi connectivity index (χ0) is 40.6. The number of carbonyl (C=O) groups excluding carboxylic acids is 1. The van der Waals surface area contributed by atoms with Gasteiger partial charge in [-0.15, -0.1) is 0 Å². The summed E-state index contributed by atoms with van der Waals surface area (Å²) in [5, 5.41) is 14.9. The van der Waals surface area contributed by atoms with Gasteiger partial charge in [0, 0.05) is 25.4 Å². The Morgan fingerprint density at radius 2 is 1.69 bits per heavy atom. The molecule has 2 aromatic heterocycles. The Morgan fingerprint density at radius 1 is 0.931 bits per heavy atom. The van der Waals surface area contributed by atoms with Gasteiger partial charge in [-0.05, 0) is 97.4 Å². The van der Waals surface area contributed by atoms with Crippen LogP contribution in [0.4, 0.5) is 8.78 Å². The summed E-state index contributed by atoms with van der Waals surface area (Å²) in [5.74, 6) is 0.273. The molecule has 2 N–H and O–H groups in total. The summed E-state index contributed by atoms with van der Waals surface area (Å²) in [6.45, 7) is 1.74. The largest absolute Gasteiger partial charge is 0.490 e. The average molecular weight is 839 g/mol. The number of alkyl halides is 2. The molecule has 3 aliphatic rings. The summed E-state index contributed by atoms with van der Waals surface area (Å²) >= 11 is 12.8. The standard InChI is InChI=1S/C43H43Cl2F2N3O8/c1-2-53-38-20-28(11-13-35(38)57-42(46)47)37(21-32-33(44)22-48-23-34(32)45)56-41(51)36-14-12-31(55-36)25-54-30-10-6-9-29(19-30)40(27-7-4-3-5-8-27)49-43(52)58-39-24-50-17-15-26(39)16-18-50/h3-14,19-20,22-23,26,37,39-40,42-43,49,52H,2,15-18,21,24-25H2,1H3/t37-,39-,40-,43?/m0/s1. The van der Waals surface area contributed by atoms with Crippen LogP contribution in [-0.4, -0.2) is 66.3 Å². The van der Waals surface area contributed by atoms with E-state index in [0.717, 1.165) is 43.6 Å². The molecule has 2 bridgehead atoms. The molecule has 5 heterocycles. The Labute approximate surface area is 344 Å². The number of aliphatic hydroxyl groups excluding tert-OH is 1. The van der Waals surface area contributed by atoms with E-state index in [0.29, 0.717) is 28.6 Å². The van der Waals surface area contributed by atoms with Crippen molar-refractivity contribution in [2.75, 3.05) is 26.2 Å². The molecule has 0 spiro atoms. The molecule has 3 fully saturated rings. The first-order valence-corrected chi connectivity index (χ1v) is 19.8. The number of halogens is 4. The van der Waals surface area contributed by atoms with Gasteiger partial charge in [0.1, 0.15) is 24.2 Å². The number of benzene rings is 3. The molecule has 0 amide bonds. The van der Waals surface area contributed by atoms with E-state index in [4.69, 9.17) is 46.6 Å². The number of aliphatic hydroxyl groups is 1. The highest BCUT2D eigenvalue weighted by atomic mass is 35.5. The summed E-state index contributed by atoms with van der Waals surface area (Å²) in [6, 6.07) is 24.2. The van der Waals surface area contributed by atoms with Crippen LogP contribution in [-0.2, 0) is 22.5 Å². The number of nitrogens with zero attached hydrogens (tertiary/aromatic N) is 2. The molecule has 0 aliphatic carbocycles. The number of hydrogen-bond acceptors (Lipinski definition) is 11. The maximum Gasteiger partial charge on any atom is 0.387 e. The summed E-state index contributed by atoms with van der Waals surface area (Å²) < 4.78 is 60.5. The molecule has 306 valence electrons. The van der Waals surface area contributed by atoms with Gasteiger partial charge in [0.15, 0.2) is 11.5 Å². The van der Waals surface area contributed by atoms with E-state index >= 15 is 0 Å². The second-order valence-electron chi connectivity index (χ2n) is 14.0. The summed E-state index contributed by atoms with van der Waals surface area (Å²) in [4.78, 5) is 19.9. The second kappa shape index (κ2) is 19.3. The van der Waals surface area contributed by atoms with E-state index in [-0.39, 0.29) is 53.0 Å². The highest BCUT2D eigenvalue weighted by Gasteiger charge is 2.36. The molecule has 3 aliphatic heterocycles. The SMILES string of the molecule is CCOc1cc([C@H](Cc2c(Cl)cncc2Cl)OC(=O)c2ccc(COc3cccc([C@@H](NC(O)O[C@H]4CN5CCC4CC5)c4ccccc4)c3)o2)ccc1OC(F)F. The van der Waals surface area contributed by atoms with Crippen LogP contribution >= 0.6 is 23.2 Å². The fourth-order valence-electron chi connectivity index (χ4n) is 7.37. The van der Waals surface area contributed by atoms with E-state index in [9.17, 15) is 18.7 Å². The lowest BCUT2D eigenvalue weighted by Crippen LogP contribution is -2.53. The number of rotatable bonds is 18. The van der Waals surface area contributed by atoms with Gasteiger partial charge in [-0.3, -0.25) is 10.3 Å². The van der Waals surface area contributed by atoms with Crippen LogP contribution in [0.25, 0.3) is 0 Å². The van der Waals surface area contributed by atoms with Crippen LogP contribution in [0, 0.1) is 5.92 Å². The van der Waals surface area contributed by atoms with E-state index in [1.54, 1.807) is 19.1 Å². The first kappa shape index (κ1) is 41.4. The van der Waals surface area contributed by atoms with Crippen molar-refractivity contribution in [2.24, 2.45) is 5.92 Å². The fraction of sp³-hybridized carbons (Fsp3) is 0.349. The first-order valence-electron chi connectivity index (χ1n) is 19.0. The normalized spacial score (nSPS) is 19.1. The minimum atomic E-state index is -3.07. The van der Waals surface area contributed by atoms with Gasteiger partial charge in [0.25, 0.3) is 0 Å². The zero-order valence-corrected chi connectivity index (χ0v) is 33.1.